The summed E-state index contributed by atoms with van der Waals surface area (Å²) in [4.78, 5) is 13.8. The summed E-state index contributed by atoms with van der Waals surface area (Å²) in [5.74, 6) is -0.415. The van der Waals surface area contributed by atoms with E-state index >= 15 is 0 Å². The van der Waals surface area contributed by atoms with Crippen molar-refractivity contribution >= 4 is 17.3 Å². The van der Waals surface area contributed by atoms with Crippen molar-refractivity contribution in [1.29, 1.82) is 0 Å². The number of nitrogens with zero attached hydrogens (tertiary/aromatic N) is 1. The standard InChI is InChI=1S/C14H21N3O/c1-9-5-3-6-10(2)17(9)13-11(14(16)18)7-4-8-12(13)15/h4,7-10H,3,5-6,15H2,1-2H3,(H2,16,18). The number of anilines is 2. The number of carbonyl (C=O) groups is 1. The van der Waals surface area contributed by atoms with Gasteiger partial charge in [0.2, 0.25) is 0 Å². The van der Waals surface area contributed by atoms with Crippen molar-refractivity contribution in [3.8, 4) is 0 Å². The van der Waals surface area contributed by atoms with Gasteiger partial charge < -0.3 is 16.4 Å². The second kappa shape index (κ2) is 4.88. The van der Waals surface area contributed by atoms with Crippen LogP contribution in [-0.4, -0.2) is 18.0 Å². The predicted octanol–water partition coefficient (Wildman–Crippen LogP) is 2.14. The highest BCUT2D eigenvalue weighted by molar-refractivity contribution is 6.01. The predicted molar refractivity (Wildman–Crippen MR) is 74.6 cm³/mol. The summed E-state index contributed by atoms with van der Waals surface area (Å²) in [6.07, 6.45) is 3.46. The van der Waals surface area contributed by atoms with Crippen molar-refractivity contribution in [2.45, 2.75) is 45.2 Å². The molecule has 18 heavy (non-hydrogen) atoms. The van der Waals surface area contributed by atoms with Crippen LogP contribution in [0.2, 0.25) is 0 Å². The Morgan fingerprint density at radius 1 is 1.28 bits per heavy atom. The fourth-order valence-corrected chi connectivity index (χ4v) is 2.91. The Balaban J connectivity index is 2.51. The minimum atomic E-state index is -0.415. The molecule has 1 heterocycles. The van der Waals surface area contributed by atoms with Crippen molar-refractivity contribution in [2.75, 3.05) is 10.6 Å². The van der Waals surface area contributed by atoms with E-state index < -0.39 is 5.91 Å². The maximum atomic E-state index is 11.6. The van der Waals surface area contributed by atoms with Crippen LogP contribution in [-0.2, 0) is 0 Å². The lowest BCUT2D eigenvalue weighted by molar-refractivity contribution is 0.100. The van der Waals surface area contributed by atoms with Gasteiger partial charge in [-0.3, -0.25) is 4.79 Å². The van der Waals surface area contributed by atoms with Crippen LogP contribution < -0.4 is 16.4 Å². The molecule has 1 amide bonds. The minimum Gasteiger partial charge on any atom is -0.397 e. The molecular weight excluding hydrogens is 226 g/mol. The second-order valence-electron chi connectivity index (χ2n) is 5.14. The van der Waals surface area contributed by atoms with E-state index in [-0.39, 0.29) is 0 Å². The zero-order valence-corrected chi connectivity index (χ0v) is 11.0. The van der Waals surface area contributed by atoms with Gasteiger partial charge in [0.25, 0.3) is 5.91 Å². The van der Waals surface area contributed by atoms with E-state index in [1.165, 1.54) is 6.42 Å². The zero-order chi connectivity index (χ0) is 13.3. The summed E-state index contributed by atoms with van der Waals surface area (Å²) in [5, 5.41) is 0. The molecule has 0 bridgehead atoms. The van der Waals surface area contributed by atoms with E-state index in [1.807, 2.05) is 6.07 Å². The maximum absolute atomic E-state index is 11.6. The van der Waals surface area contributed by atoms with Crippen molar-refractivity contribution in [1.82, 2.24) is 0 Å². The maximum Gasteiger partial charge on any atom is 0.250 e. The van der Waals surface area contributed by atoms with Crippen LogP contribution in [0.4, 0.5) is 11.4 Å². The van der Waals surface area contributed by atoms with Gasteiger partial charge in [-0.25, -0.2) is 0 Å². The van der Waals surface area contributed by atoms with Crippen molar-refractivity contribution in [2.24, 2.45) is 5.73 Å². The molecule has 1 aromatic rings. The molecule has 0 saturated carbocycles. The van der Waals surface area contributed by atoms with Crippen LogP contribution in [0.1, 0.15) is 43.5 Å². The Morgan fingerprint density at radius 3 is 2.44 bits per heavy atom. The quantitative estimate of drug-likeness (QED) is 0.786. The first-order valence-electron chi connectivity index (χ1n) is 6.49. The highest BCUT2D eigenvalue weighted by atomic mass is 16.1. The number of para-hydroxylation sites is 1. The Bertz CT molecular complexity index is 448. The van der Waals surface area contributed by atoms with Gasteiger partial charge in [-0.1, -0.05) is 6.07 Å². The third-order valence-electron chi connectivity index (χ3n) is 3.78. The smallest absolute Gasteiger partial charge is 0.250 e. The number of nitrogens with two attached hydrogens (primary N) is 2. The molecule has 4 N–H and O–H groups in total. The average Bonchev–Trinajstić information content (AvgIpc) is 2.30. The Kier molecular flexibility index (Phi) is 3.45. The molecular formula is C14H21N3O. The summed E-state index contributed by atoms with van der Waals surface area (Å²) >= 11 is 0. The number of nitrogen functional groups attached to an aromatic ring is 1. The van der Waals surface area contributed by atoms with Gasteiger partial charge in [-0.05, 0) is 45.2 Å². The molecule has 0 spiro atoms. The van der Waals surface area contributed by atoms with E-state index in [9.17, 15) is 4.79 Å². The van der Waals surface area contributed by atoms with Gasteiger partial charge in [-0.15, -0.1) is 0 Å². The molecule has 2 unspecified atom stereocenters. The number of carbonyl (C=O) groups excluding carboxylic acids is 1. The number of piperidine rings is 1. The fraction of sp³-hybridized carbons (Fsp3) is 0.500. The molecule has 98 valence electrons. The van der Waals surface area contributed by atoms with Gasteiger partial charge >= 0.3 is 0 Å². The monoisotopic (exact) mass is 247 g/mol. The third-order valence-corrected chi connectivity index (χ3v) is 3.78. The lowest BCUT2D eigenvalue weighted by Gasteiger charge is -2.42. The van der Waals surface area contributed by atoms with Gasteiger partial charge in [0.05, 0.1) is 16.9 Å². The van der Waals surface area contributed by atoms with Crippen LogP contribution >= 0.6 is 0 Å². The van der Waals surface area contributed by atoms with Crippen molar-refractivity contribution < 1.29 is 4.79 Å². The highest BCUT2D eigenvalue weighted by Gasteiger charge is 2.28. The molecule has 2 rings (SSSR count). The van der Waals surface area contributed by atoms with E-state index in [0.29, 0.717) is 23.3 Å². The number of rotatable bonds is 2. The topological polar surface area (TPSA) is 72.3 Å². The minimum absolute atomic E-state index is 0.386. The number of hydrogen-bond donors (Lipinski definition) is 2. The van der Waals surface area contributed by atoms with Gasteiger partial charge in [-0.2, -0.15) is 0 Å². The molecule has 1 saturated heterocycles. The first-order valence-corrected chi connectivity index (χ1v) is 6.49. The van der Waals surface area contributed by atoms with E-state index in [4.69, 9.17) is 11.5 Å². The molecule has 4 heteroatoms. The average molecular weight is 247 g/mol. The molecule has 1 aliphatic rings. The molecule has 0 aliphatic carbocycles. The zero-order valence-electron chi connectivity index (χ0n) is 11.0. The third kappa shape index (κ3) is 2.15. The van der Waals surface area contributed by atoms with Gasteiger partial charge in [0.1, 0.15) is 0 Å². The first-order chi connectivity index (χ1) is 8.52. The Hall–Kier alpha value is -1.71. The Morgan fingerprint density at radius 2 is 1.89 bits per heavy atom. The normalized spacial score (nSPS) is 24.0. The number of benzene rings is 1. The largest absolute Gasteiger partial charge is 0.397 e. The van der Waals surface area contributed by atoms with Crippen LogP contribution in [0.3, 0.4) is 0 Å². The first kappa shape index (κ1) is 12.7. The molecule has 0 aromatic heterocycles. The van der Waals surface area contributed by atoms with E-state index in [0.717, 1.165) is 18.5 Å². The number of amides is 1. The highest BCUT2D eigenvalue weighted by Crippen LogP contribution is 2.35. The van der Waals surface area contributed by atoms with Crippen molar-refractivity contribution in [3.05, 3.63) is 23.8 Å². The van der Waals surface area contributed by atoms with Gasteiger partial charge in [0.15, 0.2) is 0 Å². The summed E-state index contributed by atoms with van der Waals surface area (Å²) in [6.45, 7) is 4.35. The summed E-state index contributed by atoms with van der Waals surface area (Å²) in [5.41, 5.74) is 13.5. The van der Waals surface area contributed by atoms with Crippen LogP contribution in [0, 0.1) is 0 Å². The molecule has 1 aromatic carbocycles. The lowest BCUT2D eigenvalue weighted by atomic mass is 9.95. The molecule has 1 fully saturated rings. The molecule has 0 radical (unpaired) electrons. The summed E-state index contributed by atoms with van der Waals surface area (Å²) in [6, 6.07) is 6.13. The SMILES string of the molecule is CC1CCCC(C)N1c1c(N)cccc1C(N)=O. The summed E-state index contributed by atoms with van der Waals surface area (Å²) in [7, 11) is 0. The lowest BCUT2D eigenvalue weighted by Crippen LogP contribution is -2.45. The second-order valence-corrected chi connectivity index (χ2v) is 5.14. The van der Waals surface area contributed by atoms with Crippen LogP contribution in [0.25, 0.3) is 0 Å². The van der Waals surface area contributed by atoms with Crippen LogP contribution in [0.15, 0.2) is 18.2 Å². The van der Waals surface area contributed by atoms with Crippen LogP contribution in [0.5, 0.6) is 0 Å². The summed E-state index contributed by atoms with van der Waals surface area (Å²) < 4.78 is 0. The number of hydrogen-bond acceptors (Lipinski definition) is 3. The number of primary amides is 1. The van der Waals surface area contributed by atoms with E-state index in [2.05, 4.69) is 18.7 Å². The Labute approximate surface area is 108 Å². The van der Waals surface area contributed by atoms with Crippen molar-refractivity contribution in [3.63, 3.8) is 0 Å². The molecule has 2 atom stereocenters. The fourth-order valence-electron chi connectivity index (χ4n) is 2.91. The van der Waals surface area contributed by atoms with Gasteiger partial charge in [0, 0.05) is 12.1 Å². The molecule has 4 nitrogen and oxygen atoms in total. The molecule has 1 aliphatic heterocycles. The van der Waals surface area contributed by atoms with E-state index in [1.54, 1.807) is 12.1 Å².